The minimum absolute atomic E-state index is 0.0835. The first-order chi connectivity index (χ1) is 12.5. The molecule has 0 amide bonds. The molecule has 1 heterocycles. The average Bonchev–Trinajstić information content (AvgIpc) is 2.94. The molecule has 0 unspecified atom stereocenters. The van der Waals surface area contributed by atoms with Gasteiger partial charge in [0.1, 0.15) is 5.56 Å². The Morgan fingerprint density at radius 1 is 1.22 bits per heavy atom. The number of nitrogens with zero attached hydrogens (tertiary/aromatic N) is 2. The van der Waals surface area contributed by atoms with E-state index in [0.717, 1.165) is 28.5 Å². The van der Waals surface area contributed by atoms with Gasteiger partial charge in [-0.15, -0.1) is 0 Å². The van der Waals surface area contributed by atoms with E-state index in [2.05, 4.69) is 5.10 Å². The molecule has 2 rings (SSSR count). The van der Waals surface area contributed by atoms with Gasteiger partial charge in [-0.3, -0.25) is 4.79 Å². The van der Waals surface area contributed by atoms with Gasteiger partial charge in [0.2, 0.25) is 5.88 Å². The summed E-state index contributed by atoms with van der Waals surface area (Å²) in [7, 11) is -3.81. The minimum atomic E-state index is -3.81. The Labute approximate surface area is 164 Å². The van der Waals surface area contributed by atoms with Crippen molar-refractivity contribution in [2.45, 2.75) is 41.2 Å². The number of carbonyl (C=O) groups is 1. The molecule has 0 saturated heterocycles. The van der Waals surface area contributed by atoms with Crippen molar-refractivity contribution in [3.63, 3.8) is 0 Å². The molecule has 1 aromatic carbocycles. The summed E-state index contributed by atoms with van der Waals surface area (Å²) in [6.45, 7) is 9.86. The third-order valence-corrected chi connectivity index (χ3v) is 5.12. The van der Waals surface area contributed by atoms with Gasteiger partial charge in [-0.2, -0.15) is 13.5 Å². The molecule has 8 heteroatoms. The zero-order valence-electron chi connectivity index (χ0n) is 16.3. The second-order valence-corrected chi connectivity index (χ2v) is 8.50. The average molecular weight is 411 g/mol. The standard InChI is InChI=1S/C19H23ClN2O4S/c1-7-22-19(26-27(6,24)25)15(10-21-22)18(23)14-8-9-16(20)17(13(14)5)12(4)11(2)3/h8-10H,7H2,1-6H3. The van der Waals surface area contributed by atoms with E-state index in [1.807, 2.05) is 27.7 Å². The first-order valence-corrected chi connectivity index (χ1v) is 10.6. The van der Waals surface area contributed by atoms with Crippen molar-refractivity contribution in [2.75, 3.05) is 6.26 Å². The van der Waals surface area contributed by atoms with Crippen LogP contribution in [0, 0.1) is 6.92 Å². The highest BCUT2D eigenvalue weighted by atomic mass is 35.5. The van der Waals surface area contributed by atoms with Crippen LogP contribution in [-0.2, 0) is 16.7 Å². The topological polar surface area (TPSA) is 78.3 Å². The number of hydrogen-bond donors (Lipinski definition) is 0. The van der Waals surface area contributed by atoms with E-state index in [4.69, 9.17) is 15.8 Å². The lowest BCUT2D eigenvalue weighted by molar-refractivity contribution is 0.103. The number of allylic oxidation sites excluding steroid dienone is 2. The molecule has 1 aromatic heterocycles. The second kappa shape index (κ2) is 7.86. The molecule has 6 nitrogen and oxygen atoms in total. The number of benzene rings is 1. The van der Waals surface area contributed by atoms with Gasteiger partial charge in [0, 0.05) is 17.1 Å². The number of hydrogen-bond acceptors (Lipinski definition) is 5. The Morgan fingerprint density at radius 2 is 1.85 bits per heavy atom. The summed E-state index contributed by atoms with van der Waals surface area (Å²) in [6.07, 6.45) is 2.26. The fourth-order valence-electron chi connectivity index (χ4n) is 2.77. The van der Waals surface area contributed by atoms with Crippen LogP contribution in [0.1, 0.15) is 54.7 Å². The van der Waals surface area contributed by atoms with Crippen LogP contribution in [-0.4, -0.2) is 30.2 Å². The monoisotopic (exact) mass is 410 g/mol. The van der Waals surface area contributed by atoms with Crippen molar-refractivity contribution in [1.82, 2.24) is 9.78 Å². The van der Waals surface area contributed by atoms with Crippen LogP contribution in [0.2, 0.25) is 5.02 Å². The molecule has 0 radical (unpaired) electrons. The number of ketones is 1. The first-order valence-electron chi connectivity index (χ1n) is 8.41. The smallest absolute Gasteiger partial charge is 0.307 e. The van der Waals surface area contributed by atoms with Crippen molar-refractivity contribution in [3.05, 3.63) is 51.2 Å². The summed E-state index contributed by atoms with van der Waals surface area (Å²) < 4.78 is 29.6. The van der Waals surface area contributed by atoms with Gasteiger partial charge in [0.05, 0.1) is 12.5 Å². The highest BCUT2D eigenvalue weighted by Gasteiger charge is 2.25. The van der Waals surface area contributed by atoms with Gasteiger partial charge < -0.3 is 4.18 Å². The molecule has 0 saturated carbocycles. The highest BCUT2D eigenvalue weighted by Crippen LogP contribution is 2.33. The molecule has 0 bridgehead atoms. The van der Waals surface area contributed by atoms with Crippen LogP contribution in [0.3, 0.4) is 0 Å². The number of rotatable bonds is 6. The summed E-state index contributed by atoms with van der Waals surface area (Å²) in [5, 5.41) is 4.62. The molecule has 146 valence electrons. The zero-order chi connectivity index (χ0) is 20.5. The summed E-state index contributed by atoms with van der Waals surface area (Å²) >= 11 is 6.37. The molecule has 0 atom stereocenters. The molecule has 0 spiro atoms. The molecule has 0 aliphatic heterocycles. The van der Waals surface area contributed by atoms with Gasteiger partial charge in [0.25, 0.3) is 0 Å². The van der Waals surface area contributed by atoms with E-state index in [0.29, 0.717) is 17.1 Å². The van der Waals surface area contributed by atoms with Crippen LogP contribution < -0.4 is 4.18 Å². The quantitative estimate of drug-likeness (QED) is 0.525. The van der Waals surface area contributed by atoms with E-state index >= 15 is 0 Å². The zero-order valence-corrected chi connectivity index (χ0v) is 17.8. The lowest BCUT2D eigenvalue weighted by Gasteiger charge is -2.15. The molecule has 27 heavy (non-hydrogen) atoms. The fraction of sp³-hybridized carbons (Fsp3) is 0.368. The maximum absolute atomic E-state index is 13.2. The molecule has 0 N–H and O–H groups in total. The van der Waals surface area contributed by atoms with Crippen LogP contribution in [0.5, 0.6) is 5.88 Å². The summed E-state index contributed by atoms with van der Waals surface area (Å²) in [4.78, 5) is 13.2. The van der Waals surface area contributed by atoms with E-state index in [1.165, 1.54) is 10.9 Å². The summed E-state index contributed by atoms with van der Waals surface area (Å²) in [6, 6.07) is 3.31. The van der Waals surface area contributed by atoms with Crippen molar-refractivity contribution in [3.8, 4) is 5.88 Å². The predicted molar refractivity (Wildman–Crippen MR) is 107 cm³/mol. The summed E-state index contributed by atoms with van der Waals surface area (Å²) in [5.74, 6) is -0.454. The lowest BCUT2D eigenvalue weighted by atomic mass is 9.92. The third-order valence-electron chi connectivity index (χ3n) is 4.35. The van der Waals surface area contributed by atoms with E-state index in [9.17, 15) is 13.2 Å². The minimum Gasteiger partial charge on any atom is -0.361 e. The lowest BCUT2D eigenvalue weighted by Crippen LogP contribution is -2.14. The van der Waals surface area contributed by atoms with E-state index in [1.54, 1.807) is 19.1 Å². The van der Waals surface area contributed by atoms with Crippen molar-refractivity contribution in [2.24, 2.45) is 0 Å². The van der Waals surface area contributed by atoms with Crippen molar-refractivity contribution in [1.29, 1.82) is 0 Å². The van der Waals surface area contributed by atoms with Gasteiger partial charge in [0.15, 0.2) is 5.78 Å². The third kappa shape index (κ3) is 4.42. The van der Waals surface area contributed by atoms with Gasteiger partial charge in [-0.25, -0.2) is 4.68 Å². The second-order valence-electron chi connectivity index (χ2n) is 6.52. The van der Waals surface area contributed by atoms with Crippen LogP contribution in [0.4, 0.5) is 0 Å². The van der Waals surface area contributed by atoms with Gasteiger partial charge in [-0.05, 0) is 63.5 Å². The fourth-order valence-corrected chi connectivity index (χ4v) is 3.58. The maximum Gasteiger partial charge on any atom is 0.307 e. The first kappa shape index (κ1) is 21.2. The SMILES string of the molecule is CCn1ncc(C(=O)c2ccc(Cl)c(C(C)=C(C)C)c2C)c1OS(C)(=O)=O. The van der Waals surface area contributed by atoms with E-state index in [-0.39, 0.29) is 17.2 Å². The Bertz CT molecular complexity index is 1030. The number of halogens is 1. The van der Waals surface area contributed by atoms with E-state index < -0.39 is 10.1 Å². The largest absolute Gasteiger partial charge is 0.361 e. The Balaban J connectivity index is 2.66. The van der Waals surface area contributed by atoms with Crippen LogP contribution >= 0.6 is 11.6 Å². The molecule has 2 aromatic rings. The van der Waals surface area contributed by atoms with Gasteiger partial charge in [-0.1, -0.05) is 17.2 Å². The summed E-state index contributed by atoms with van der Waals surface area (Å²) in [5.41, 5.74) is 4.11. The number of aryl methyl sites for hydroxylation is 1. The highest BCUT2D eigenvalue weighted by molar-refractivity contribution is 7.86. The predicted octanol–water partition coefficient (Wildman–Crippen LogP) is 4.25. The Hall–Kier alpha value is -2.12. The number of carbonyl (C=O) groups excluding carboxylic acids is 1. The van der Waals surface area contributed by atoms with Crippen LogP contribution in [0.25, 0.3) is 5.57 Å². The Kier molecular flexibility index (Phi) is 6.17. The Morgan fingerprint density at radius 3 is 2.37 bits per heavy atom. The van der Waals surface area contributed by atoms with Crippen LogP contribution in [0.15, 0.2) is 23.9 Å². The number of aromatic nitrogens is 2. The molecule has 0 fully saturated rings. The van der Waals surface area contributed by atoms with Gasteiger partial charge >= 0.3 is 10.1 Å². The molecular formula is C19H23ClN2O4S. The normalized spacial score (nSPS) is 11.4. The van der Waals surface area contributed by atoms with Crippen molar-refractivity contribution >= 4 is 33.1 Å². The molecule has 0 aliphatic rings. The molecule has 0 aliphatic carbocycles. The maximum atomic E-state index is 13.2. The molecular weight excluding hydrogens is 388 g/mol. The van der Waals surface area contributed by atoms with Crippen molar-refractivity contribution < 1.29 is 17.4 Å².